The molecule has 0 aliphatic carbocycles. The Morgan fingerprint density at radius 3 is 2.12 bits per heavy atom. The first-order valence-electron chi connectivity index (χ1n) is 21.7. The van der Waals surface area contributed by atoms with Crippen LogP contribution >= 0.6 is 7.60 Å². The Labute approximate surface area is 388 Å². The van der Waals surface area contributed by atoms with Crippen LogP contribution < -0.4 is 24.6 Å². The predicted octanol–water partition coefficient (Wildman–Crippen LogP) is 7.09. The standard InChI is InChI=1S/C45H59F3N3O14PS/c1-28(2)24-51(67(56,57)35-19-17-32(58-7)18-20-35)25-38(62-41(52)40(29(3)4)50-43(53)45(46,47)48)37(49-44(54)63-39-26-60-42-36(39)21-22-59-42)23-31-13-15-33(16-14-31)61-27-66(55,64-30(5)6)65-34-11-9-8-10-12-34/h8-20,28-30,36-40,42H,21-27H2,1-7H3,(H,49,54)(H,50,53)/t36-,37-,38+,39-,40-,42+,66?/m0/s1. The van der Waals surface area contributed by atoms with E-state index in [1.807, 2.05) is 0 Å². The van der Waals surface area contributed by atoms with Crippen molar-refractivity contribution in [2.24, 2.45) is 17.8 Å². The molecule has 2 saturated heterocycles. The molecular formula is C45H59F3N3O14PS. The second-order valence-electron chi connectivity index (χ2n) is 17.1. The third-order valence-corrected chi connectivity index (χ3v) is 14.0. The van der Waals surface area contributed by atoms with Crippen molar-refractivity contribution >= 4 is 35.6 Å². The van der Waals surface area contributed by atoms with Crippen molar-refractivity contribution in [1.29, 1.82) is 0 Å². The molecule has 67 heavy (non-hydrogen) atoms. The first kappa shape index (κ1) is 53.0. The molecule has 2 aliphatic heterocycles. The fourth-order valence-corrected chi connectivity index (χ4v) is 10.4. The van der Waals surface area contributed by atoms with E-state index in [1.165, 1.54) is 57.4 Å². The molecular weight excluding hydrogens is 927 g/mol. The maximum Gasteiger partial charge on any atom is 0.471 e. The predicted molar refractivity (Wildman–Crippen MR) is 237 cm³/mol. The molecule has 0 radical (unpaired) electrons. The molecule has 5 rings (SSSR count). The van der Waals surface area contributed by atoms with Gasteiger partial charge in [-0.1, -0.05) is 58.0 Å². The number of halogens is 3. The molecule has 2 fully saturated rings. The zero-order chi connectivity index (χ0) is 49.1. The summed E-state index contributed by atoms with van der Waals surface area (Å²) in [6.45, 7) is 9.32. The Morgan fingerprint density at radius 2 is 1.52 bits per heavy atom. The van der Waals surface area contributed by atoms with E-state index in [1.54, 1.807) is 75.5 Å². The lowest BCUT2D eigenvalue weighted by Crippen LogP contribution is -2.56. The second-order valence-corrected chi connectivity index (χ2v) is 20.9. The number of amides is 2. The van der Waals surface area contributed by atoms with Gasteiger partial charge in [0, 0.05) is 6.54 Å². The Balaban J connectivity index is 1.51. The molecule has 3 aromatic rings. The molecule has 0 aromatic heterocycles. The fraction of sp³-hybridized carbons (Fsp3) is 0.533. The molecule has 0 spiro atoms. The highest BCUT2D eigenvalue weighted by molar-refractivity contribution is 7.89. The summed E-state index contributed by atoms with van der Waals surface area (Å²) in [4.78, 5) is 40.0. The zero-order valence-corrected chi connectivity index (χ0v) is 40.0. The first-order chi connectivity index (χ1) is 31.6. The summed E-state index contributed by atoms with van der Waals surface area (Å²) in [5.41, 5.74) is 0.466. The largest absolute Gasteiger partial charge is 0.497 e. The molecule has 0 saturated carbocycles. The monoisotopic (exact) mass is 985 g/mol. The van der Waals surface area contributed by atoms with Crippen LogP contribution in [0.2, 0.25) is 0 Å². The number of hydrogen-bond donors (Lipinski definition) is 2. The van der Waals surface area contributed by atoms with Gasteiger partial charge in [-0.3, -0.25) is 9.32 Å². The van der Waals surface area contributed by atoms with Gasteiger partial charge in [0.05, 0.1) is 49.8 Å². The Kier molecular flexibility index (Phi) is 18.5. The summed E-state index contributed by atoms with van der Waals surface area (Å²) in [5.74, 6) is -4.33. The minimum Gasteiger partial charge on any atom is -0.497 e. The van der Waals surface area contributed by atoms with Gasteiger partial charge in [0.15, 0.2) is 6.29 Å². The first-order valence-corrected chi connectivity index (χ1v) is 24.9. The van der Waals surface area contributed by atoms with Crippen molar-refractivity contribution < 1.29 is 78.0 Å². The van der Waals surface area contributed by atoms with Crippen molar-refractivity contribution in [1.82, 2.24) is 14.9 Å². The number of nitrogens with one attached hydrogen (secondary N) is 2. The summed E-state index contributed by atoms with van der Waals surface area (Å²) < 4.78 is 130. The van der Waals surface area contributed by atoms with Crippen LogP contribution in [0.25, 0.3) is 0 Å². The zero-order valence-electron chi connectivity index (χ0n) is 38.3. The average molecular weight is 986 g/mol. The van der Waals surface area contributed by atoms with Crippen molar-refractivity contribution in [2.75, 3.05) is 39.8 Å². The number of carbonyl (C=O) groups is 3. The number of benzene rings is 3. The summed E-state index contributed by atoms with van der Waals surface area (Å²) in [7, 11) is -6.85. The Hall–Kier alpha value is -4.92. The van der Waals surface area contributed by atoms with E-state index in [9.17, 15) is 40.5 Å². The number of sulfonamides is 1. The van der Waals surface area contributed by atoms with Crippen molar-refractivity contribution in [3.8, 4) is 17.2 Å². The number of nitrogens with zero attached hydrogens (tertiary/aromatic N) is 1. The molecule has 2 aliphatic rings. The van der Waals surface area contributed by atoms with Crippen molar-refractivity contribution in [2.45, 2.75) is 102 Å². The lowest BCUT2D eigenvalue weighted by atomic mass is 9.99. The quantitative estimate of drug-likeness (QED) is 0.0720. The lowest BCUT2D eigenvalue weighted by Gasteiger charge is -2.34. The second kappa shape index (κ2) is 23.4. The number of methoxy groups -OCH3 is 1. The average Bonchev–Trinajstić information content (AvgIpc) is 3.89. The normalized spacial score (nSPS) is 19.6. The summed E-state index contributed by atoms with van der Waals surface area (Å²) in [5, 5.41) is 4.43. The molecule has 2 amide bonds. The van der Waals surface area contributed by atoms with Gasteiger partial charge in [-0.2, -0.15) is 17.5 Å². The van der Waals surface area contributed by atoms with Crippen molar-refractivity contribution in [3.63, 3.8) is 0 Å². The summed E-state index contributed by atoms with van der Waals surface area (Å²) in [6, 6.07) is 17.0. The SMILES string of the molecule is COc1ccc(S(=O)(=O)N(CC(C)C)C[C@@H](OC(=O)[C@@H](NC(=O)C(F)(F)F)C(C)C)[C@H](Cc2ccc(OCP(=O)(Oc3ccccc3)OC(C)C)cc2)NC(=O)O[C@H]2CO[C@H]3OCC[C@H]32)cc1. The van der Waals surface area contributed by atoms with Gasteiger partial charge in [-0.05, 0) is 92.6 Å². The molecule has 2 heterocycles. The fourth-order valence-electron chi connectivity index (χ4n) is 7.28. The number of alkyl halides is 3. The van der Waals surface area contributed by atoms with Crippen LogP contribution in [0.15, 0.2) is 83.8 Å². The third-order valence-electron chi connectivity index (χ3n) is 10.5. The minimum atomic E-state index is -5.35. The Morgan fingerprint density at radius 1 is 0.866 bits per heavy atom. The number of esters is 1. The molecule has 17 nitrogen and oxygen atoms in total. The number of carbonyl (C=O) groups excluding carboxylic acids is 3. The van der Waals surface area contributed by atoms with Crippen LogP contribution in [0, 0.1) is 17.8 Å². The number of alkyl carbamates (subject to hydrolysis) is 1. The van der Waals surface area contributed by atoms with E-state index >= 15 is 0 Å². The van der Waals surface area contributed by atoms with Crippen LogP contribution in [-0.2, 0) is 54.1 Å². The van der Waals surface area contributed by atoms with E-state index in [4.69, 9.17) is 37.5 Å². The minimum absolute atomic E-state index is 0.0239. The topological polar surface area (TPSA) is 204 Å². The molecule has 22 heteroatoms. The number of hydrogen-bond acceptors (Lipinski definition) is 14. The maximum absolute atomic E-state index is 14.4. The van der Waals surface area contributed by atoms with Gasteiger partial charge >= 0.3 is 31.7 Å². The van der Waals surface area contributed by atoms with Crippen LogP contribution in [0.4, 0.5) is 18.0 Å². The van der Waals surface area contributed by atoms with Crippen molar-refractivity contribution in [3.05, 3.63) is 84.4 Å². The van der Waals surface area contributed by atoms with Crippen LogP contribution in [0.3, 0.4) is 0 Å². The number of para-hydroxylation sites is 1. The Bertz CT molecular complexity index is 2250. The van der Waals surface area contributed by atoms with Gasteiger partial charge < -0.3 is 43.6 Å². The molecule has 2 N–H and O–H groups in total. The van der Waals surface area contributed by atoms with Gasteiger partial charge in [0.2, 0.25) is 16.4 Å². The van der Waals surface area contributed by atoms with E-state index < -0.39 is 97.3 Å². The van der Waals surface area contributed by atoms with Gasteiger partial charge in [-0.25, -0.2) is 22.6 Å². The lowest BCUT2D eigenvalue weighted by molar-refractivity contribution is -0.177. The van der Waals surface area contributed by atoms with E-state index in [0.29, 0.717) is 30.1 Å². The van der Waals surface area contributed by atoms with E-state index in [-0.39, 0.29) is 42.1 Å². The summed E-state index contributed by atoms with van der Waals surface area (Å²) >= 11 is 0. The van der Waals surface area contributed by atoms with Crippen LogP contribution in [0.1, 0.15) is 53.5 Å². The van der Waals surface area contributed by atoms with Gasteiger partial charge in [0.1, 0.15) is 35.5 Å². The summed E-state index contributed by atoms with van der Waals surface area (Å²) in [6.07, 6.45) is -9.88. The highest BCUT2D eigenvalue weighted by Gasteiger charge is 2.46. The molecule has 1 unspecified atom stereocenters. The van der Waals surface area contributed by atoms with E-state index in [2.05, 4.69) is 5.32 Å². The van der Waals surface area contributed by atoms with E-state index in [0.717, 1.165) is 4.31 Å². The molecule has 3 aromatic carbocycles. The number of rotatable bonds is 23. The molecule has 370 valence electrons. The third kappa shape index (κ3) is 15.3. The highest BCUT2D eigenvalue weighted by atomic mass is 32.2. The molecule has 7 atom stereocenters. The van der Waals surface area contributed by atoms with Gasteiger partial charge in [0.25, 0.3) is 0 Å². The smallest absolute Gasteiger partial charge is 0.471 e. The highest BCUT2D eigenvalue weighted by Crippen LogP contribution is 2.49. The number of ether oxygens (including phenoxy) is 6. The van der Waals surface area contributed by atoms with Crippen LogP contribution in [0.5, 0.6) is 17.2 Å². The molecule has 0 bridgehead atoms. The number of fused-ring (bicyclic) bond motifs is 1. The van der Waals surface area contributed by atoms with Gasteiger partial charge in [-0.15, -0.1) is 0 Å². The van der Waals surface area contributed by atoms with Crippen LogP contribution in [-0.4, -0.2) is 113 Å². The maximum atomic E-state index is 14.4.